The first kappa shape index (κ1) is 15.3. The van der Waals surface area contributed by atoms with Gasteiger partial charge in [0.2, 0.25) is 0 Å². The summed E-state index contributed by atoms with van der Waals surface area (Å²) in [7, 11) is 1.77. The monoisotopic (exact) mass is 277 g/mol. The Morgan fingerprint density at radius 3 is 2.70 bits per heavy atom. The number of methoxy groups -OCH3 is 1. The van der Waals surface area contributed by atoms with Gasteiger partial charge in [-0.2, -0.15) is 0 Å². The van der Waals surface area contributed by atoms with Crippen molar-refractivity contribution in [2.45, 2.75) is 45.2 Å². The number of rotatable bonds is 6. The summed E-state index contributed by atoms with van der Waals surface area (Å²) >= 11 is 0. The Balaban J connectivity index is 1.81. The van der Waals surface area contributed by atoms with E-state index < -0.39 is 0 Å². The number of nitrogens with one attached hydrogen (secondary N) is 1. The van der Waals surface area contributed by atoms with Gasteiger partial charge in [0.25, 0.3) is 0 Å². The number of nitrogens with zero attached hydrogens (tertiary/aromatic N) is 2. The van der Waals surface area contributed by atoms with Crippen LogP contribution in [-0.4, -0.2) is 43.9 Å². The second kappa shape index (κ2) is 7.60. The minimum atomic E-state index is 0.481. The van der Waals surface area contributed by atoms with Crippen molar-refractivity contribution >= 4 is 5.82 Å². The standard InChI is InChI=1S/C16H27N3O/c1-4-14(12-20-3)18-15-7-9-19(10-8-15)16-6-5-13(2)11-17-16/h5-6,11,14-15,18H,4,7-10,12H2,1-3H3. The van der Waals surface area contributed by atoms with Crippen molar-refractivity contribution in [1.29, 1.82) is 0 Å². The molecule has 20 heavy (non-hydrogen) atoms. The molecule has 0 spiro atoms. The van der Waals surface area contributed by atoms with Gasteiger partial charge >= 0.3 is 0 Å². The summed E-state index contributed by atoms with van der Waals surface area (Å²) in [6.45, 7) is 7.25. The lowest BCUT2D eigenvalue weighted by Crippen LogP contribution is -2.47. The van der Waals surface area contributed by atoms with Gasteiger partial charge in [-0.05, 0) is 37.8 Å². The molecule has 4 nitrogen and oxygen atoms in total. The molecule has 1 aliphatic heterocycles. The Labute approximate surface area is 122 Å². The average Bonchev–Trinajstić information content (AvgIpc) is 2.48. The van der Waals surface area contributed by atoms with E-state index in [1.807, 2.05) is 6.20 Å². The van der Waals surface area contributed by atoms with E-state index in [1.165, 1.54) is 18.4 Å². The fourth-order valence-electron chi connectivity index (χ4n) is 2.74. The summed E-state index contributed by atoms with van der Waals surface area (Å²) in [6, 6.07) is 5.35. The third-order valence-electron chi connectivity index (χ3n) is 4.05. The molecule has 1 saturated heterocycles. The first-order valence-corrected chi connectivity index (χ1v) is 7.65. The summed E-state index contributed by atoms with van der Waals surface area (Å²) in [5, 5.41) is 3.72. The number of pyridine rings is 1. The number of aryl methyl sites for hydroxylation is 1. The Hall–Kier alpha value is -1.13. The topological polar surface area (TPSA) is 37.4 Å². The molecule has 2 heterocycles. The van der Waals surface area contributed by atoms with Crippen molar-refractivity contribution in [3.8, 4) is 0 Å². The zero-order valence-corrected chi connectivity index (χ0v) is 12.9. The van der Waals surface area contributed by atoms with Gasteiger partial charge in [-0.1, -0.05) is 13.0 Å². The molecule has 1 atom stereocenters. The Morgan fingerprint density at radius 1 is 1.40 bits per heavy atom. The predicted molar refractivity (Wildman–Crippen MR) is 83.3 cm³/mol. The lowest BCUT2D eigenvalue weighted by atomic mass is 10.0. The first-order chi connectivity index (χ1) is 9.72. The van der Waals surface area contributed by atoms with Gasteiger partial charge in [-0.3, -0.25) is 0 Å². The van der Waals surface area contributed by atoms with Crippen molar-refractivity contribution in [3.63, 3.8) is 0 Å². The highest BCUT2D eigenvalue weighted by Crippen LogP contribution is 2.18. The summed E-state index contributed by atoms with van der Waals surface area (Å²) in [5.74, 6) is 1.11. The number of anilines is 1. The minimum absolute atomic E-state index is 0.481. The van der Waals surface area contributed by atoms with E-state index in [0.717, 1.165) is 31.9 Å². The highest BCUT2D eigenvalue weighted by molar-refractivity contribution is 5.39. The number of hydrogen-bond acceptors (Lipinski definition) is 4. The molecule has 0 amide bonds. The van der Waals surface area contributed by atoms with E-state index in [0.29, 0.717) is 12.1 Å². The zero-order chi connectivity index (χ0) is 14.4. The molecule has 1 aromatic rings. The number of aromatic nitrogens is 1. The van der Waals surface area contributed by atoms with E-state index in [2.05, 4.69) is 41.2 Å². The smallest absolute Gasteiger partial charge is 0.128 e. The fraction of sp³-hybridized carbons (Fsp3) is 0.688. The molecule has 1 N–H and O–H groups in total. The van der Waals surface area contributed by atoms with Crippen molar-refractivity contribution in [1.82, 2.24) is 10.3 Å². The molecule has 0 aliphatic carbocycles. The van der Waals surface area contributed by atoms with E-state index >= 15 is 0 Å². The van der Waals surface area contributed by atoms with Crippen LogP contribution in [-0.2, 0) is 4.74 Å². The molecule has 1 aromatic heterocycles. The van der Waals surface area contributed by atoms with Gasteiger partial charge in [0.05, 0.1) is 6.61 Å². The third-order valence-corrected chi connectivity index (χ3v) is 4.05. The van der Waals surface area contributed by atoms with Crippen LogP contribution < -0.4 is 10.2 Å². The highest BCUT2D eigenvalue weighted by Gasteiger charge is 2.21. The molecular weight excluding hydrogens is 250 g/mol. The van der Waals surface area contributed by atoms with Gasteiger partial charge < -0.3 is 15.0 Å². The third kappa shape index (κ3) is 4.18. The summed E-state index contributed by atoms with van der Waals surface area (Å²) < 4.78 is 5.26. The molecule has 0 bridgehead atoms. The second-order valence-electron chi connectivity index (χ2n) is 5.68. The number of piperidine rings is 1. The van der Waals surface area contributed by atoms with Crippen molar-refractivity contribution < 1.29 is 4.74 Å². The summed E-state index contributed by atoms with van der Waals surface area (Å²) in [5.41, 5.74) is 1.22. The van der Waals surface area contributed by atoms with E-state index in [-0.39, 0.29) is 0 Å². The first-order valence-electron chi connectivity index (χ1n) is 7.65. The van der Waals surface area contributed by atoms with Gasteiger partial charge in [0.15, 0.2) is 0 Å². The Bertz CT molecular complexity index is 385. The van der Waals surface area contributed by atoms with E-state index in [9.17, 15) is 0 Å². The molecule has 1 fully saturated rings. The maximum Gasteiger partial charge on any atom is 0.128 e. The maximum atomic E-state index is 5.26. The van der Waals surface area contributed by atoms with Crippen LogP contribution in [0.5, 0.6) is 0 Å². The Kier molecular flexibility index (Phi) is 5.80. The fourth-order valence-corrected chi connectivity index (χ4v) is 2.74. The van der Waals surface area contributed by atoms with Crippen LogP contribution in [0.25, 0.3) is 0 Å². The van der Waals surface area contributed by atoms with Crippen LogP contribution in [0.3, 0.4) is 0 Å². The lowest BCUT2D eigenvalue weighted by molar-refractivity contribution is 0.155. The lowest BCUT2D eigenvalue weighted by Gasteiger charge is -2.35. The normalized spacial score (nSPS) is 18.2. The second-order valence-corrected chi connectivity index (χ2v) is 5.68. The largest absolute Gasteiger partial charge is 0.383 e. The van der Waals surface area contributed by atoms with Crippen LogP contribution in [0.4, 0.5) is 5.82 Å². The van der Waals surface area contributed by atoms with Crippen LogP contribution in [0.1, 0.15) is 31.7 Å². The van der Waals surface area contributed by atoms with Gasteiger partial charge in [0, 0.05) is 38.5 Å². The van der Waals surface area contributed by atoms with Gasteiger partial charge in [0.1, 0.15) is 5.82 Å². The summed E-state index contributed by atoms with van der Waals surface area (Å²) in [6.07, 6.45) is 5.42. The van der Waals surface area contributed by atoms with Crippen LogP contribution in [0, 0.1) is 6.92 Å². The van der Waals surface area contributed by atoms with Crippen molar-refractivity contribution in [3.05, 3.63) is 23.9 Å². The summed E-state index contributed by atoms with van der Waals surface area (Å²) in [4.78, 5) is 6.90. The highest BCUT2D eigenvalue weighted by atomic mass is 16.5. The predicted octanol–water partition coefficient (Wildman–Crippen LogP) is 2.37. The van der Waals surface area contributed by atoms with Crippen LogP contribution in [0.15, 0.2) is 18.3 Å². The molecule has 2 rings (SSSR count). The van der Waals surface area contributed by atoms with Crippen LogP contribution >= 0.6 is 0 Å². The minimum Gasteiger partial charge on any atom is -0.383 e. The maximum absolute atomic E-state index is 5.26. The zero-order valence-electron chi connectivity index (χ0n) is 12.9. The van der Waals surface area contributed by atoms with Gasteiger partial charge in [-0.15, -0.1) is 0 Å². The van der Waals surface area contributed by atoms with Gasteiger partial charge in [-0.25, -0.2) is 4.98 Å². The molecule has 0 radical (unpaired) electrons. The quantitative estimate of drug-likeness (QED) is 0.866. The molecule has 1 aliphatic rings. The average molecular weight is 277 g/mol. The van der Waals surface area contributed by atoms with Crippen molar-refractivity contribution in [2.75, 3.05) is 31.7 Å². The Morgan fingerprint density at radius 2 is 2.15 bits per heavy atom. The van der Waals surface area contributed by atoms with E-state index in [4.69, 9.17) is 4.74 Å². The number of hydrogen-bond donors (Lipinski definition) is 1. The molecular formula is C16H27N3O. The van der Waals surface area contributed by atoms with E-state index in [1.54, 1.807) is 7.11 Å². The molecule has 4 heteroatoms. The van der Waals surface area contributed by atoms with Crippen LogP contribution in [0.2, 0.25) is 0 Å². The SMILES string of the molecule is CCC(COC)NC1CCN(c2ccc(C)cn2)CC1. The molecule has 0 saturated carbocycles. The van der Waals surface area contributed by atoms with Crippen molar-refractivity contribution in [2.24, 2.45) is 0 Å². The molecule has 112 valence electrons. The number of ether oxygens (including phenoxy) is 1. The molecule has 0 aromatic carbocycles. The molecule has 1 unspecified atom stereocenters.